The molecule has 0 aromatic rings. The highest BCUT2D eigenvalue weighted by atomic mass is 28.4. The molecule has 0 bridgehead atoms. The third-order valence-electron chi connectivity index (χ3n) is 0.204. The highest BCUT2D eigenvalue weighted by Crippen LogP contribution is 1.84. The van der Waals surface area contributed by atoms with Gasteiger partial charge in [0.15, 0.2) is 0 Å². The van der Waals surface area contributed by atoms with Crippen LogP contribution in [0.5, 0.6) is 0 Å². The van der Waals surface area contributed by atoms with E-state index in [1.807, 2.05) is 0 Å². The van der Waals surface area contributed by atoms with Gasteiger partial charge in [-0.05, 0) is 0 Å². The maximum absolute atomic E-state index is 7.33. The third-order valence-corrected chi connectivity index (χ3v) is 0.204. The van der Waals surface area contributed by atoms with Crippen LogP contribution in [0.25, 0.3) is 0 Å². The molecule has 0 spiro atoms. The molecule has 0 unspecified atom stereocenters. The first kappa shape index (κ1) is 8.02. The summed E-state index contributed by atoms with van der Waals surface area (Å²) in [5.41, 5.74) is 0. The van der Waals surface area contributed by atoms with E-state index in [2.05, 4.69) is 4.74 Å². The highest BCUT2D eigenvalue weighted by Gasteiger charge is 2.22. The van der Waals surface area contributed by atoms with Crippen LogP contribution >= 0.6 is 0 Å². The van der Waals surface area contributed by atoms with Crippen molar-refractivity contribution in [3.8, 4) is 0 Å². The molecule has 0 saturated carbocycles. The second-order valence-electron chi connectivity index (χ2n) is 1.21. The highest BCUT2D eigenvalue weighted by molar-refractivity contribution is 6.46. The Bertz CT molecular complexity index is 47.2. The van der Waals surface area contributed by atoms with E-state index in [1.165, 1.54) is 0 Å². The van der Waals surface area contributed by atoms with Gasteiger partial charge in [0.1, 0.15) is 0 Å². The minimum Gasteiger partial charge on any atom is -0.377 e. The lowest BCUT2D eigenvalue weighted by atomic mass is 11.0. The van der Waals surface area contributed by atoms with Gasteiger partial charge < -0.3 is 23.9 Å². The van der Waals surface area contributed by atoms with Crippen molar-refractivity contribution in [2.75, 3.05) is 13.2 Å². The van der Waals surface area contributed by atoms with Gasteiger partial charge in [0.05, 0.1) is 13.2 Å². The Balaban J connectivity index is 0.000000135. The molecule has 5 nitrogen and oxygen atoms in total. The number of ether oxygens (including phenoxy) is 1. The van der Waals surface area contributed by atoms with E-state index in [0.29, 0.717) is 0 Å². The van der Waals surface area contributed by atoms with Gasteiger partial charge >= 0.3 is 9.05 Å². The molecule has 50 valence electrons. The Kier molecular flexibility index (Phi) is 3.13. The van der Waals surface area contributed by atoms with Crippen molar-refractivity contribution < 1.29 is 23.9 Å². The Hall–Kier alpha value is 0.0169. The zero-order valence-corrected chi connectivity index (χ0v) is 5.11. The fourth-order valence-corrected chi connectivity index (χ4v) is 0. The SMILES string of the molecule is C1CO1.O[Si](O)(O)O. The van der Waals surface area contributed by atoms with Crippen LogP contribution in [0, 0.1) is 0 Å². The molecule has 1 heterocycles. The van der Waals surface area contributed by atoms with E-state index in [-0.39, 0.29) is 0 Å². The lowest BCUT2D eigenvalue weighted by molar-refractivity contribution is 0.117. The molecule has 0 aromatic carbocycles. The predicted octanol–water partition coefficient (Wildman–Crippen LogP) is -2.59. The molecule has 1 saturated heterocycles. The Labute approximate surface area is 47.3 Å². The van der Waals surface area contributed by atoms with Crippen molar-refractivity contribution >= 4 is 9.05 Å². The lowest BCUT2D eigenvalue weighted by Crippen LogP contribution is -2.33. The van der Waals surface area contributed by atoms with Gasteiger partial charge in [-0.25, -0.2) is 0 Å². The fraction of sp³-hybridized carbons (Fsp3) is 1.00. The Morgan fingerprint density at radius 3 is 1.12 bits per heavy atom. The minimum absolute atomic E-state index is 1.00. The normalized spacial score (nSPS) is 16.5. The van der Waals surface area contributed by atoms with Gasteiger partial charge in [-0.3, -0.25) is 0 Å². The second-order valence-corrected chi connectivity index (χ2v) is 2.41. The number of rotatable bonds is 0. The predicted molar refractivity (Wildman–Crippen MR) is 25.4 cm³/mol. The van der Waals surface area contributed by atoms with E-state index < -0.39 is 9.05 Å². The van der Waals surface area contributed by atoms with E-state index in [0.717, 1.165) is 13.2 Å². The summed E-state index contributed by atoms with van der Waals surface area (Å²) in [4.78, 5) is 29.3. The molecule has 0 radical (unpaired) electrons. The van der Waals surface area contributed by atoms with Gasteiger partial charge in [-0.15, -0.1) is 0 Å². The average Bonchev–Trinajstić information content (AvgIpc) is 1.95. The van der Waals surface area contributed by atoms with Crippen LogP contribution < -0.4 is 0 Å². The van der Waals surface area contributed by atoms with E-state index >= 15 is 0 Å². The first-order chi connectivity index (χ1) is 3.50. The van der Waals surface area contributed by atoms with E-state index in [4.69, 9.17) is 19.2 Å². The maximum Gasteiger partial charge on any atom is 0.668 e. The first-order valence-corrected chi connectivity index (χ1v) is 3.76. The van der Waals surface area contributed by atoms with Crippen LogP contribution in [0.2, 0.25) is 0 Å². The van der Waals surface area contributed by atoms with Crippen LogP contribution in [0.4, 0.5) is 0 Å². The van der Waals surface area contributed by atoms with Crippen molar-refractivity contribution in [1.82, 2.24) is 0 Å². The molecule has 1 rings (SSSR count). The van der Waals surface area contributed by atoms with Crippen molar-refractivity contribution in [2.45, 2.75) is 0 Å². The van der Waals surface area contributed by atoms with E-state index in [1.54, 1.807) is 0 Å². The average molecular weight is 140 g/mol. The fourth-order valence-electron chi connectivity index (χ4n) is 0. The number of hydrogen-bond donors (Lipinski definition) is 4. The molecule has 1 aliphatic heterocycles. The monoisotopic (exact) mass is 140 g/mol. The molecular weight excluding hydrogens is 132 g/mol. The quantitative estimate of drug-likeness (QED) is 0.219. The summed E-state index contributed by atoms with van der Waals surface area (Å²) in [6.45, 7) is 2.00. The van der Waals surface area contributed by atoms with Crippen molar-refractivity contribution in [3.63, 3.8) is 0 Å². The zero-order valence-electron chi connectivity index (χ0n) is 4.11. The summed E-state index contributed by atoms with van der Waals surface area (Å²) < 4.78 is 4.50. The largest absolute Gasteiger partial charge is 0.668 e. The molecule has 0 aromatic heterocycles. The first-order valence-electron chi connectivity index (χ1n) is 1.97. The van der Waals surface area contributed by atoms with Crippen LogP contribution in [0.15, 0.2) is 0 Å². The minimum atomic E-state index is -4.61. The summed E-state index contributed by atoms with van der Waals surface area (Å²) in [6, 6.07) is 0. The standard InChI is InChI=1S/C2H4O.H4O4Si/c1-2-3-1;1-5(2,3)4/h1-2H2;1-4H. The topological polar surface area (TPSA) is 93.5 Å². The summed E-state index contributed by atoms with van der Waals surface area (Å²) in [6.07, 6.45) is 0. The summed E-state index contributed by atoms with van der Waals surface area (Å²) in [7, 11) is -4.61. The zero-order chi connectivity index (χ0) is 6.62. The molecule has 4 N–H and O–H groups in total. The summed E-state index contributed by atoms with van der Waals surface area (Å²) >= 11 is 0. The van der Waals surface area contributed by atoms with Crippen LogP contribution in [-0.4, -0.2) is 41.4 Å². The smallest absolute Gasteiger partial charge is 0.377 e. The molecule has 1 aliphatic rings. The molecular formula is C2H8O5Si. The van der Waals surface area contributed by atoms with Crippen LogP contribution in [-0.2, 0) is 4.74 Å². The number of hydrogen-bond acceptors (Lipinski definition) is 5. The van der Waals surface area contributed by atoms with Crippen LogP contribution in [0.3, 0.4) is 0 Å². The molecule has 1 fully saturated rings. The molecule has 6 heteroatoms. The van der Waals surface area contributed by atoms with E-state index in [9.17, 15) is 0 Å². The maximum atomic E-state index is 7.33. The van der Waals surface area contributed by atoms with Crippen molar-refractivity contribution in [1.29, 1.82) is 0 Å². The summed E-state index contributed by atoms with van der Waals surface area (Å²) in [5.74, 6) is 0. The third kappa shape index (κ3) is 146. The van der Waals surface area contributed by atoms with Gasteiger partial charge in [0.2, 0.25) is 0 Å². The molecule has 0 amide bonds. The van der Waals surface area contributed by atoms with Crippen molar-refractivity contribution in [2.24, 2.45) is 0 Å². The van der Waals surface area contributed by atoms with Gasteiger partial charge in [-0.1, -0.05) is 0 Å². The molecule has 0 aliphatic carbocycles. The van der Waals surface area contributed by atoms with Gasteiger partial charge in [0.25, 0.3) is 0 Å². The van der Waals surface area contributed by atoms with Gasteiger partial charge in [0, 0.05) is 0 Å². The molecule has 0 atom stereocenters. The lowest BCUT2D eigenvalue weighted by Gasteiger charge is -1.91. The van der Waals surface area contributed by atoms with Crippen LogP contribution in [0.1, 0.15) is 0 Å². The summed E-state index contributed by atoms with van der Waals surface area (Å²) in [5, 5.41) is 0. The van der Waals surface area contributed by atoms with Gasteiger partial charge in [-0.2, -0.15) is 0 Å². The Morgan fingerprint density at radius 1 is 1.00 bits per heavy atom. The molecule has 8 heavy (non-hydrogen) atoms. The Morgan fingerprint density at radius 2 is 1.12 bits per heavy atom. The second kappa shape index (κ2) is 3.12. The number of epoxide rings is 1. The van der Waals surface area contributed by atoms with Crippen molar-refractivity contribution in [3.05, 3.63) is 0 Å².